The number of benzene rings is 1. The van der Waals surface area contributed by atoms with Crippen molar-refractivity contribution in [1.29, 1.82) is 0 Å². The van der Waals surface area contributed by atoms with E-state index in [1.54, 1.807) is 0 Å². The standard InChI is InChI=1S/C25H31ClN4O2S/c26-19-6-4-16(5-7-19)17-8-11-29(12-9-17)25-27-21-10-13-33(32)23(21)24(28-25)30-14-18-2-1-3-20(18)22(30)15-31/h4-7,17-18,20,22,31H,1-3,8-15H2. The van der Waals surface area contributed by atoms with Crippen LogP contribution < -0.4 is 9.80 Å². The van der Waals surface area contributed by atoms with Crippen LogP contribution in [0.4, 0.5) is 11.8 Å². The molecule has 2 aromatic rings. The largest absolute Gasteiger partial charge is 0.394 e. The van der Waals surface area contributed by atoms with Gasteiger partial charge in [0.15, 0.2) is 5.82 Å². The van der Waals surface area contributed by atoms with Crippen molar-refractivity contribution in [1.82, 2.24) is 9.97 Å². The lowest BCUT2D eigenvalue weighted by atomic mass is 9.89. The Kier molecular flexibility index (Phi) is 5.83. The average Bonchev–Trinajstić information content (AvgIpc) is 3.54. The number of aliphatic hydroxyl groups excluding tert-OH is 1. The minimum atomic E-state index is -1.05. The smallest absolute Gasteiger partial charge is 0.227 e. The van der Waals surface area contributed by atoms with Crippen LogP contribution >= 0.6 is 11.6 Å². The molecule has 0 spiro atoms. The number of aryl methyl sites for hydroxylation is 1. The number of hydrogen-bond acceptors (Lipinski definition) is 6. The van der Waals surface area contributed by atoms with Gasteiger partial charge in [0.2, 0.25) is 5.95 Å². The minimum absolute atomic E-state index is 0.0811. The highest BCUT2D eigenvalue weighted by atomic mass is 35.5. The second kappa shape index (κ2) is 8.82. The van der Waals surface area contributed by atoms with E-state index in [2.05, 4.69) is 21.9 Å². The Bertz CT molecular complexity index is 1060. The molecule has 4 aliphatic rings. The van der Waals surface area contributed by atoms with Crippen molar-refractivity contribution in [3.63, 3.8) is 0 Å². The SMILES string of the molecule is O=S1CCc2nc(N3CCC(c4ccc(Cl)cc4)CC3)nc(N3CC4CCCC4C3CO)c21. The van der Waals surface area contributed by atoms with Gasteiger partial charge >= 0.3 is 0 Å². The Balaban J connectivity index is 1.28. The summed E-state index contributed by atoms with van der Waals surface area (Å²) in [6.45, 7) is 2.86. The predicted octanol–water partition coefficient (Wildman–Crippen LogP) is 3.77. The molecule has 6 nitrogen and oxygen atoms in total. The Morgan fingerprint density at radius 3 is 2.64 bits per heavy atom. The molecular formula is C25H31ClN4O2S. The molecule has 1 N–H and O–H groups in total. The molecular weight excluding hydrogens is 456 g/mol. The molecule has 8 heteroatoms. The Morgan fingerprint density at radius 2 is 1.88 bits per heavy atom. The zero-order chi connectivity index (χ0) is 22.5. The van der Waals surface area contributed by atoms with Crippen molar-refractivity contribution >= 4 is 34.2 Å². The second-order valence-electron chi connectivity index (χ2n) is 9.99. The van der Waals surface area contributed by atoms with Gasteiger partial charge < -0.3 is 14.9 Å². The van der Waals surface area contributed by atoms with Crippen LogP contribution in [-0.2, 0) is 17.2 Å². The van der Waals surface area contributed by atoms with Crippen LogP contribution in [0.15, 0.2) is 29.2 Å². The highest BCUT2D eigenvalue weighted by molar-refractivity contribution is 7.85. The maximum Gasteiger partial charge on any atom is 0.227 e. The van der Waals surface area contributed by atoms with E-state index in [4.69, 9.17) is 21.6 Å². The topological polar surface area (TPSA) is 69.6 Å². The van der Waals surface area contributed by atoms with E-state index < -0.39 is 10.8 Å². The zero-order valence-corrected chi connectivity index (χ0v) is 20.4. The van der Waals surface area contributed by atoms with E-state index in [0.717, 1.165) is 66.3 Å². The summed E-state index contributed by atoms with van der Waals surface area (Å²) in [5.74, 6) is 3.89. The minimum Gasteiger partial charge on any atom is -0.394 e. The van der Waals surface area contributed by atoms with Gasteiger partial charge in [0.05, 0.1) is 29.1 Å². The van der Waals surface area contributed by atoms with E-state index in [1.807, 2.05) is 12.1 Å². The summed E-state index contributed by atoms with van der Waals surface area (Å²) in [4.78, 5) is 15.4. The maximum atomic E-state index is 12.9. The summed E-state index contributed by atoms with van der Waals surface area (Å²) in [6.07, 6.45) is 6.50. The fourth-order valence-corrected chi connectivity index (χ4v) is 8.03. The fourth-order valence-electron chi connectivity index (χ4n) is 6.54. The van der Waals surface area contributed by atoms with Crippen molar-refractivity contribution in [2.45, 2.75) is 55.4 Å². The van der Waals surface area contributed by atoms with E-state index in [9.17, 15) is 9.32 Å². The number of rotatable bonds is 4. The van der Waals surface area contributed by atoms with Gasteiger partial charge in [0.1, 0.15) is 4.90 Å². The molecule has 6 rings (SSSR count). The van der Waals surface area contributed by atoms with Crippen molar-refractivity contribution in [2.24, 2.45) is 11.8 Å². The van der Waals surface area contributed by atoms with Gasteiger partial charge in [-0.15, -0.1) is 0 Å². The number of anilines is 2. The lowest BCUT2D eigenvalue weighted by Gasteiger charge is -2.34. The monoisotopic (exact) mass is 486 g/mol. The number of aromatic nitrogens is 2. The van der Waals surface area contributed by atoms with Crippen LogP contribution in [0.2, 0.25) is 5.02 Å². The highest BCUT2D eigenvalue weighted by Gasteiger charge is 2.46. The molecule has 4 atom stereocenters. The van der Waals surface area contributed by atoms with Crippen LogP contribution in [-0.4, -0.2) is 57.3 Å². The lowest BCUT2D eigenvalue weighted by molar-refractivity contribution is 0.232. The van der Waals surface area contributed by atoms with Crippen LogP contribution in [0, 0.1) is 11.8 Å². The van der Waals surface area contributed by atoms with Crippen LogP contribution in [0.3, 0.4) is 0 Å². The average molecular weight is 487 g/mol. The van der Waals surface area contributed by atoms with Gasteiger partial charge in [0, 0.05) is 36.8 Å². The highest BCUT2D eigenvalue weighted by Crippen LogP contribution is 2.45. The molecule has 0 amide bonds. The first-order chi connectivity index (χ1) is 16.1. The number of nitrogens with zero attached hydrogens (tertiary/aromatic N) is 4. The van der Waals surface area contributed by atoms with E-state index in [1.165, 1.54) is 24.8 Å². The normalized spacial score (nSPS) is 29.5. The third-order valence-electron chi connectivity index (χ3n) is 8.28. The first kappa shape index (κ1) is 21.8. The summed E-state index contributed by atoms with van der Waals surface area (Å²) in [7, 11) is -1.05. The molecule has 1 aromatic carbocycles. The molecule has 3 aliphatic heterocycles. The number of aliphatic hydroxyl groups is 1. The van der Waals surface area contributed by atoms with Gasteiger partial charge in [-0.2, -0.15) is 4.98 Å². The summed E-state index contributed by atoms with van der Waals surface area (Å²) < 4.78 is 12.9. The first-order valence-electron chi connectivity index (χ1n) is 12.3. The molecule has 1 aromatic heterocycles. The molecule has 33 heavy (non-hydrogen) atoms. The van der Waals surface area contributed by atoms with E-state index in [0.29, 0.717) is 23.5 Å². The van der Waals surface area contributed by atoms with Gasteiger partial charge in [-0.1, -0.05) is 30.2 Å². The van der Waals surface area contributed by atoms with Crippen LogP contribution in [0.1, 0.15) is 49.3 Å². The Morgan fingerprint density at radius 1 is 1.09 bits per heavy atom. The lowest BCUT2D eigenvalue weighted by Crippen LogP contribution is -2.38. The van der Waals surface area contributed by atoms with E-state index in [-0.39, 0.29) is 12.6 Å². The van der Waals surface area contributed by atoms with Crippen molar-refractivity contribution in [3.05, 3.63) is 40.5 Å². The number of fused-ring (bicyclic) bond motifs is 2. The van der Waals surface area contributed by atoms with Crippen molar-refractivity contribution in [2.75, 3.05) is 41.8 Å². The van der Waals surface area contributed by atoms with Crippen molar-refractivity contribution < 1.29 is 9.32 Å². The fraction of sp³-hybridized carbons (Fsp3) is 0.600. The summed E-state index contributed by atoms with van der Waals surface area (Å²) >= 11 is 6.06. The number of piperidine rings is 1. The Labute approximate surface area is 202 Å². The van der Waals surface area contributed by atoms with Crippen molar-refractivity contribution in [3.8, 4) is 0 Å². The number of halogens is 1. The molecule has 0 radical (unpaired) electrons. The van der Waals surface area contributed by atoms with Gasteiger partial charge in [-0.3, -0.25) is 4.21 Å². The van der Waals surface area contributed by atoms with Gasteiger partial charge in [0.25, 0.3) is 0 Å². The Hall–Kier alpha value is -1.70. The number of hydrogen-bond donors (Lipinski definition) is 1. The maximum absolute atomic E-state index is 12.9. The summed E-state index contributed by atoms with van der Waals surface area (Å²) in [6, 6.07) is 8.31. The molecule has 0 bridgehead atoms. The summed E-state index contributed by atoms with van der Waals surface area (Å²) in [5, 5.41) is 11.0. The van der Waals surface area contributed by atoms with E-state index >= 15 is 0 Å². The quantitative estimate of drug-likeness (QED) is 0.709. The molecule has 2 saturated heterocycles. The molecule has 4 unspecified atom stereocenters. The molecule has 1 saturated carbocycles. The first-order valence-corrected chi connectivity index (χ1v) is 14.0. The summed E-state index contributed by atoms with van der Waals surface area (Å²) in [5.41, 5.74) is 2.29. The molecule has 1 aliphatic carbocycles. The third-order valence-corrected chi connectivity index (χ3v) is 9.98. The third kappa shape index (κ3) is 3.86. The van der Waals surface area contributed by atoms with Crippen LogP contribution in [0.5, 0.6) is 0 Å². The molecule has 176 valence electrons. The van der Waals surface area contributed by atoms with Crippen LogP contribution in [0.25, 0.3) is 0 Å². The van der Waals surface area contributed by atoms with Gasteiger partial charge in [-0.05, 0) is 61.1 Å². The van der Waals surface area contributed by atoms with Gasteiger partial charge in [-0.25, -0.2) is 4.98 Å². The zero-order valence-electron chi connectivity index (χ0n) is 18.8. The molecule has 4 heterocycles. The predicted molar refractivity (Wildman–Crippen MR) is 132 cm³/mol. The molecule has 3 fully saturated rings. The second-order valence-corrected chi connectivity index (χ2v) is 11.9.